The maximum Gasteiger partial charge on any atom is 0.343 e. The Morgan fingerprint density at radius 2 is 2.41 bits per heavy atom. The van der Waals surface area contributed by atoms with Crippen LogP contribution in [-0.4, -0.2) is 26.2 Å². The standard InChI is InChI=1S/C8H12N6O3/c1-5(11-12-8(9)15)4-13-6(2)10-3-7(13)14(16)17/h3H,4H2,1-2H3,(H3,9,12,15)/b11-5+. The molecule has 0 aliphatic heterocycles. The summed E-state index contributed by atoms with van der Waals surface area (Å²) in [5, 5.41) is 14.4. The summed E-state index contributed by atoms with van der Waals surface area (Å²) in [4.78, 5) is 24.4. The van der Waals surface area contributed by atoms with E-state index in [-0.39, 0.29) is 12.4 Å². The van der Waals surface area contributed by atoms with Gasteiger partial charge in [-0.2, -0.15) is 5.10 Å². The van der Waals surface area contributed by atoms with Crippen LogP contribution in [0.25, 0.3) is 0 Å². The molecular formula is C8H12N6O3. The van der Waals surface area contributed by atoms with Gasteiger partial charge in [-0.15, -0.1) is 0 Å². The number of carbonyl (C=O) groups excluding carboxylic acids is 1. The summed E-state index contributed by atoms with van der Waals surface area (Å²) in [6.45, 7) is 3.41. The molecule has 0 spiro atoms. The monoisotopic (exact) mass is 240 g/mol. The highest BCUT2D eigenvalue weighted by atomic mass is 16.6. The number of rotatable bonds is 4. The Hall–Kier alpha value is -2.45. The zero-order valence-electron chi connectivity index (χ0n) is 9.38. The number of aryl methyl sites for hydroxylation is 1. The second-order valence-electron chi connectivity index (χ2n) is 3.33. The summed E-state index contributed by atoms with van der Waals surface area (Å²) in [6.07, 6.45) is 1.17. The number of nitro groups is 1. The molecule has 0 saturated carbocycles. The van der Waals surface area contributed by atoms with Crippen LogP contribution >= 0.6 is 0 Å². The lowest BCUT2D eigenvalue weighted by molar-refractivity contribution is -0.392. The van der Waals surface area contributed by atoms with E-state index in [1.54, 1.807) is 13.8 Å². The number of nitrogens with zero attached hydrogens (tertiary/aromatic N) is 4. The third-order valence-corrected chi connectivity index (χ3v) is 1.96. The van der Waals surface area contributed by atoms with Crippen LogP contribution in [0, 0.1) is 17.0 Å². The Labute approximate surface area is 96.5 Å². The Morgan fingerprint density at radius 1 is 1.76 bits per heavy atom. The predicted molar refractivity (Wildman–Crippen MR) is 59.4 cm³/mol. The van der Waals surface area contributed by atoms with E-state index >= 15 is 0 Å². The smallest absolute Gasteiger partial charge is 0.343 e. The van der Waals surface area contributed by atoms with Gasteiger partial charge in [0.15, 0.2) is 5.82 Å². The molecule has 0 aliphatic carbocycles. The molecule has 2 amide bonds. The van der Waals surface area contributed by atoms with E-state index in [4.69, 9.17) is 5.73 Å². The van der Waals surface area contributed by atoms with Gasteiger partial charge in [0.1, 0.15) is 12.7 Å². The van der Waals surface area contributed by atoms with Crippen LogP contribution in [0.3, 0.4) is 0 Å². The van der Waals surface area contributed by atoms with Crippen LogP contribution in [-0.2, 0) is 6.54 Å². The van der Waals surface area contributed by atoms with Gasteiger partial charge in [-0.25, -0.2) is 19.8 Å². The van der Waals surface area contributed by atoms with Gasteiger partial charge < -0.3 is 15.8 Å². The van der Waals surface area contributed by atoms with Crippen LogP contribution in [0.1, 0.15) is 12.7 Å². The van der Waals surface area contributed by atoms with Gasteiger partial charge in [0.2, 0.25) is 0 Å². The predicted octanol–water partition coefficient (Wildman–Crippen LogP) is 0.144. The lowest BCUT2D eigenvalue weighted by Crippen LogP contribution is -2.26. The van der Waals surface area contributed by atoms with Crippen molar-refractivity contribution in [2.45, 2.75) is 20.4 Å². The highest BCUT2D eigenvalue weighted by Gasteiger charge is 2.17. The molecule has 9 heteroatoms. The van der Waals surface area contributed by atoms with Gasteiger partial charge in [0.25, 0.3) is 0 Å². The fraction of sp³-hybridized carbons (Fsp3) is 0.375. The molecular weight excluding hydrogens is 228 g/mol. The molecule has 92 valence electrons. The quantitative estimate of drug-likeness (QED) is 0.440. The topological polar surface area (TPSA) is 128 Å². The van der Waals surface area contributed by atoms with Crippen molar-refractivity contribution < 1.29 is 9.72 Å². The molecule has 1 heterocycles. The molecule has 0 aliphatic rings. The first-order valence-corrected chi connectivity index (χ1v) is 4.67. The van der Waals surface area contributed by atoms with Gasteiger partial charge in [0.05, 0.1) is 5.71 Å². The van der Waals surface area contributed by atoms with Crippen LogP contribution in [0.5, 0.6) is 0 Å². The molecule has 1 rings (SSSR count). The van der Waals surface area contributed by atoms with Crippen molar-refractivity contribution in [3.8, 4) is 0 Å². The Morgan fingerprint density at radius 3 is 2.94 bits per heavy atom. The molecule has 0 bridgehead atoms. The van der Waals surface area contributed by atoms with Gasteiger partial charge in [-0.1, -0.05) is 0 Å². The van der Waals surface area contributed by atoms with Crippen molar-refractivity contribution in [2.24, 2.45) is 10.8 Å². The van der Waals surface area contributed by atoms with Crippen molar-refractivity contribution in [1.82, 2.24) is 15.0 Å². The summed E-state index contributed by atoms with van der Waals surface area (Å²) < 4.78 is 1.38. The van der Waals surface area contributed by atoms with Gasteiger partial charge in [-0.05, 0) is 11.8 Å². The Balaban J connectivity index is 2.87. The second-order valence-corrected chi connectivity index (χ2v) is 3.33. The highest BCUT2D eigenvalue weighted by Crippen LogP contribution is 2.13. The maximum atomic E-state index is 10.7. The largest absolute Gasteiger partial charge is 0.358 e. The van der Waals surface area contributed by atoms with Crippen LogP contribution in [0.4, 0.5) is 10.6 Å². The summed E-state index contributed by atoms with van der Waals surface area (Å²) in [5.74, 6) is 0.362. The lowest BCUT2D eigenvalue weighted by Gasteiger charge is -2.02. The molecule has 9 nitrogen and oxygen atoms in total. The lowest BCUT2D eigenvalue weighted by atomic mass is 10.4. The summed E-state index contributed by atoms with van der Waals surface area (Å²) >= 11 is 0. The van der Waals surface area contributed by atoms with E-state index < -0.39 is 11.0 Å². The molecule has 3 N–H and O–H groups in total. The number of primary amides is 1. The Kier molecular flexibility index (Phi) is 3.75. The number of hydrogen-bond donors (Lipinski definition) is 2. The molecule has 17 heavy (non-hydrogen) atoms. The van der Waals surface area contributed by atoms with Gasteiger partial charge in [-0.3, -0.25) is 0 Å². The molecule has 0 fully saturated rings. The molecule has 0 atom stereocenters. The molecule has 1 aromatic heterocycles. The molecule has 0 radical (unpaired) electrons. The zero-order chi connectivity index (χ0) is 13.0. The normalized spacial score (nSPS) is 11.3. The number of imidazole rings is 1. The number of urea groups is 1. The van der Waals surface area contributed by atoms with E-state index in [9.17, 15) is 14.9 Å². The minimum absolute atomic E-state index is 0.129. The molecule has 0 aromatic carbocycles. The zero-order valence-corrected chi connectivity index (χ0v) is 9.38. The van der Waals surface area contributed by atoms with E-state index in [1.807, 2.05) is 5.43 Å². The minimum atomic E-state index is -0.791. The van der Waals surface area contributed by atoms with Crippen molar-refractivity contribution in [3.05, 3.63) is 22.1 Å². The molecule has 0 saturated heterocycles. The number of hydrazone groups is 1. The van der Waals surface area contributed by atoms with E-state index in [1.165, 1.54) is 10.8 Å². The summed E-state index contributed by atoms with van der Waals surface area (Å²) in [5.41, 5.74) is 7.35. The van der Waals surface area contributed by atoms with Crippen molar-refractivity contribution in [1.29, 1.82) is 0 Å². The summed E-state index contributed by atoms with van der Waals surface area (Å²) in [7, 11) is 0. The third kappa shape index (κ3) is 3.26. The fourth-order valence-electron chi connectivity index (χ4n) is 1.21. The van der Waals surface area contributed by atoms with Crippen LogP contribution in [0.15, 0.2) is 11.3 Å². The van der Waals surface area contributed by atoms with Crippen LogP contribution < -0.4 is 11.2 Å². The van der Waals surface area contributed by atoms with E-state index in [0.29, 0.717) is 11.5 Å². The van der Waals surface area contributed by atoms with Crippen LogP contribution in [0.2, 0.25) is 0 Å². The first kappa shape index (κ1) is 12.6. The summed E-state index contributed by atoms with van der Waals surface area (Å²) in [6, 6.07) is -0.791. The van der Waals surface area contributed by atoms with Crippen molar-refractivity contribution >= 4 is 17.6 Å². The fourth-order valence-corrected chi connectivity index (χ4v) is 1.21. The van der Waals surface area contributed by atoms with E-state index in [0.717, 1.165) is 0 Å². The maximum absolute atomic E-state index is 10.7. The highest BCUT2D eigenvalue weighted by molar-refractivity contribution is 5.83. The number of nitrogens with one attached hydrogen (secondary N) is 1. The van der Waals surface area contributed by atoms with Crippen molar-refractivity contribution in [2.75, 3.05) is 0 Å². The average molecular weight is 240 g/mol. The first-order valence-electron chi connectivity index (χ1n) is 4.67. The second kappa shape index (κ2) is 5.05. The number of nitrogens with two attached hydrogens (primary N) is 1. The number of aromatic nitrogens is 2. The third-order valence-electron chi connectivity index (χ3n) is 1.96. The Bertz CT molecular complexity index is 478. The molecule has 1 aromatic rings. The number of carbonyl (C=O) groups is 1. The SMILES string of the molecule is C/C(Cn1c([N+](=O)[O-])cnc1C)=N\NC(N)=O. The van der Waals surface area contributed by atoms with Gasteiger partial charge in [0, 0.05) is 6.92 Å². The average Bonchev–Trinajstić information content (AvgIpc) is 2.58. The number of amides is 2. The number of hydrogen-bond acceptors (Lipinski definition) is 5. The van der Waals surface area contributed by atoms with Gasteiger partial charge >= 0.3 is 11.8 Å². The van der Waals surface area contributed by atoms with E-state index in [2.05, 4.69) is 10.1 Å². The van der Waals surface area contributed by atoms with Crippen molar-refractivity contribution in [3.63, 3.8) is 0 Å². The minimum Gasteiger partial charge on any atom is -0.358 e. The molecule has 0 unspecified atom stereocenters. The first-order chi connectivity index (χ1) is 7.91.